The van der Waals surface area contributed by atoms with Crippen molar-refractivity contribution in [3.05, 3.63) is 11.9 Å². The molecular formula is C12H20N4O3S. The zero-order valence-electron chi connectivity index (χ0n) is 12.0. The Hall–Kier alpha value is -1.41. The van der Waals surface area contributed by atoms with Crippen molar-refractivity contribution in [2.45, 2.75) is 13.8 Å². The molecule has 8 heteroatoms. The lowest BCUT2D eigenvalue weighted by Crippen LogP contribution is -2.48. The quantitative estimate of drug-likeness (QED) is 0.794. The first-order valence-corrected chi connectivity index (χ1v) is 8.43. The fraction of sp³-hybridized carbons (Fsp3) is 0.667. The lowest BCUT2D eigenvalue weighted by Gasteiger charge is -2.34. The van der Waals surface area contributed by atoms with Crippen LogP contribution in [0.4, 0.5) is 5.82 Å². The van der Waals surface area contributed by atoms with Crippen molar-refractivity contribution in [3.8, 4) is 5.88 Å². The summed E-state index contributed by atoms with van der Waals surface area (Å²) < 4.78 is 29.9. The molecule has 0 atom stereocenters. The van der Waals surface area contributed by atoms with Crippen LogP contribution in [0.5, 0.6) is 5.88 Å². The number of aryl methyl sites for hydroxylation is 1. The van der Waals surface area contributed by atoms with Crippen molar-refractivity contribution in [1.29, 1.82) is 0 Å². The Morgan fingerprint density at radius 3 is 2.45 bits per heavy atom. The third-order valence-electron chi connectivity index (χ3n) is 3.12. The molecule has 0 N–H and O–H groups in total. The zero-order chi connectivity index (χ0) is 14.8. The van der Waals surface area contributed by atoms with Gasteiger partial charge in [0.1, 0.15) is 11.6 Å². The Morgan fingerprint density at radius 2 is 1.90 bits per heavy atom. The molecule has 0 bridgehead atoms. The van der Waals surface area contributed by atoms with Gasteiger partial charge in [0.2, 0.25) is 15.9 Å². The summed E-state index contributed by atoms with van der Waals surface area (Å²) in [7, 11) is -3.11. The molecule has 0 aromatic carbocycles. The second kappa shape index (κ2) is 5.92. The molecule has 1 aromatic rings. The monoisotopic (exact) mass is 300 g/mol. The van der Waals surface area contributed by atoms with Crippen molar-refractivity contribution in [2.24, 2.45) is 0 Å². The van der Waals surface area contributed by atoms with Crippen LogP contribution in [0, 0.1) is 6.92 Å². The molecule has 0 unspecified atom stereocenters. The van der Waals surface area contributed by atoms with E-state index in [-0.39, 0.29) is 0 Å². The number of hydrogen-bond donors (Lipinski definition) is 0. The molecule has 0 aliphatic carbocycles. The van der Waals surface area contributed by atoms with Gasteiger partial charge in [0.15, 0.2) is 0 Å². The summed E-state index contributed by atoms with van der Waals surface area (Å²) in [6.07, 6.45) is 1.24. The van der Waals surface area contributed by atoms with Crippen LogP contribution >= 0.6 is 0 Å². The number of nitrogens with zero attached hydrogens (tertiary/aromatic N) is 4. The van der Waals surface area contributed by atoms with Crippen LogP contribution in [-0.2, 0) is 10.0 Å². The van der Waals surface area contributed by atoms with Gasteiger partial charge in [0.05, 0.1) is 12.9 Å². The predicted octanol–water partition coefficient (Wildman–Crippen LogP) is 0.265. The number of ether oxygens (including phenoxy) is 1. The van der Waals surface area contributed by atoms with E-state index in [0.29, 0.717) is 44.5 Å². The van der Waals surface area contributed by atoms with E-state index in [4.69, 9.17) is 4.74 Å². The summed E-state index contributed by atoms with van der Waals surface area (Å²) in [4.78, 5) is 10.7. The molecule has 1 aliphatic heterocycles. The molecular weight excluding hydrogens is 280 g/mol. The number of sulfonamides is 1. The average Bonchev–Trinajstić information content (AvgIpc) is 2.37. The maximum atomic E-state index is 11.5. The van der Waals surface area contributed by atoms with E-state index < -0.39 is 10.0 Å². The minimum atomic E-state index is -3.11. The molecule has 20 heavy (non-hydrogen) atoms. The van der Waals surface area contributed by atoms with Gasteiger partial charge in [0, 0.05) is 32.2 Å². The predicted molar refractivity (Wildman–Crippen MR) is 76.6 cm³/mol. The van der Waals surface area contributed by atoms with Crippen LogP contribution in [0.3, 0.4) is 0 Å². The third-order valence-corrected chi connectivity index (χ3v) is 4.43. The first-order chi connectivity index (χ1) is 9.40. The Bertz CT molecular complexity index is 568. The van der Waals surface area contributed by atoms with Gasteiger partial charge in [-0.15, -0.1) is 0 Å². The molecule has 1 aromatic heterocycles. The van der Waals surface area contributed by atoms with Crippen LogP contribution in [0.15, 0.2) is 6.07 Å². The Balaban J connectivity index is 2.10. The molecule has 0 spiro atoms. The molecule has 1 aliphatic rings. The van der Waals surface area contributed by atoms with Gasteiger partial charge in [-0.25, -0.2) is 13.4 Å². The van der Waals surface area contributed by atoms with Gasteiger partial charge in [-0.05, 0) is 13.8 Å². The number of piperazine rings is 1. The first kappa shape index (κ1) is 15.0. The Labute approximate surface area is 119 Å². The van der Waals surface area contributed by atoms with Gasteiger partial charge in [-0.3, -0.25) is 0 Å². The second-order valence-corrected chi connectivity index (χ2v) is 6.68. The van der Waals surface area contributed by atoms with Crippen LogP contribution < -0.4 is 9.64 Å². The van der Waals surface area contributed by atoms with Crippen molar-refractivity contribution in [1.82, 2.24) is 14.3 Å². The molecule has 112 valence electrons. The standard InChI is InChI=1S/C12H20N4O3S/c1-4-19-12-9-11(13-10(2)14-12)15-5-7-16(8-6-15)20(3,17)18/h9H,4-8H2,1-3H3. The lowest BCUT2D eigenvalue weighted by molar-refractivity contribution is 0.325. The van der Waals surface area contributed by atoms with Gasteiger partial charge >= 0.3 is 0 Å². The molecule has 2 rings (SSSR count). The van der Waals surface area contributed by atoms with Gasteiger partial charge < -0.3 is 9.64 Å². The second-order valence-electron chi connectivity index (χ2n) is 4.69. The van der Waals surface area contributed by atoms with E-state index in [1.807, 2.05) is 13.8 Å². The minimum absolute atomic E-state index is 0.478. The van der Waals surface area contributed by atoms with Gasteiger partial charge in [-0.2, -0.15) is 9.29 Å². The van der Waals surface area contributed by atoms with Crippen LogP contribution in [0.25, 0.3) is 0 Å². The smallest absolute Gasteiger partial charge is 0.218 e. The van der Waals surface area contributed by atoms with Crippen LogP contribution in [0.1, 0.15) is 12.7 Å². The van der Waals surface area contributed by atoms with Gasteiger partial charge in [-0.1, -0.05) is 0 Å². The number of rotatable bonds is 4. The van der Waals surface area contributed by atoms with E-state index in [0.717, 1.165) is 5.82 Å². The summed E-state index contributed by atoms with van der Waals surface area (Å²) in [6.45, 7) is 6.47. The van der Waals surface area contributed by atoms with Gasteiger partial charge in [0.25, 0.3) is 0 Å². The summed E-state index contributed by atoms with van der Waals surface area (Å²) in [5.74, 6) is 1.99. The summed E-state index contributed by atoms with van der Waals surface area (Å²) in [6, 6.07) is 1.80. The number of hydrogen-bond acceptors (Lipinski definition) is 6. The van der Waals surface area contributed by atoms with E-state index in [1.54, 1.807) is 6.07 Å². The van der Waals surface area contributed by atoms with E-state index in [9.17, 15) is 8.42 Å². The highest BCUT2D eigenvalue weighted by Gasteiger charge is 2.24. The largest absolute Gasteiger partial charge is 0.478 e. The maximum absolute atomic E-state index is 11.5. The number of aromatic nitrogens is 2. The average molecular weight is 300 g/mol. The summed E-state index contributed by atoms with van der Waals surface area (Å²) in [5, 5.41) is 0. The van der Waals surface area contributed by atoms with E-state index in [1.165, 1.54) is 10.6 Å². The normalized spacial score (nSPS) is 17.2. The fourth-order valence-electron chi connectivity index (χ4n) is 2.16. The highest BCUT2D eigenvalue weighted by atomic mass is 32.2. The maximum Gasteiger partial charge on any atom is 0.218 e. The summed E-state index contributed by atoms with van der Waals surface area (Å²) >= 11 is 0. The highest BCUT2D eigenvalue weighted by molar-refractivity contribution is 7.88. The molecule has 7 nitrogen and oxygen atoms in total. The van der Waals surface area contributed by atoms with E-state index >= 15 is 0 Å². The molecule has 0 amide bonds. The van der Waals surface area contributed by atoms with Crippen molar-refractivity contribution in [2.75, 3.05) is 43.9 Å². The topological polar surface area (TPSA) is 75.6 Å². The molecule has 1 fully saturated rings. The van der Waals surface area contributed by atoms with Crippen molar-refractivity contribution < 1.29 is 13.2 Å². The van der Waals surface area contributed by atoms with Crippen molar-refractivity contribution in [3.63, 3.8) is 0 Å². The van der Waals surface area contributed by atoms with Crippen LogP contribution in [0.2, 0.25) is 0 Å². The molecule has 0 radical (unpaired) electrons. The molecule has 0 saturated carbocycles. The zero-order valence-corrected chi connectivity index (χ0v) is 12.9. The number of anilines is 1. The summed E-state index contributed by atoms with van der Waals surface area (Å²) in [5.41, 5.74) is 0. The highest BCUT2D eigenvalue weighted by Crippen LogP contribution is 2.19. The minimum Gasteiger partial charge on any atom is -0.478 e. The molecule has 1 saturated heterocycles. The SMILES string of the molecule is CCOc1cc(N2CCN(S(C)(=O)=O)CC2)nc(C)n1. The first-order valence-electron chi connectivity index (χ1n) is 6.58. The Kier molecular flexibility index (Phi) is 4.44. The van der Waals surface area contributed by atoms with Crippen molar-refractivity contribution >= 4 is 15.8 Å². The van der Waals surface area contributed by atoms with E-state index in [2.05, 4.69) is 14.9 Å². The van der Waals surface area contributed by atoms with Crippen LogP contribution in [-0.4, -0.2) is 61.7 Å². The fourth-order valence-corrected chi connectivity index (χ4v) is 2.98. The third kappa shape index (κ3) is 3.57. The molecule has 2 heterocycles. The lowest BCUT2D eigenvalue weighted by atomic mass is 10.3. The Morgan fingerprint density at radius 1 is 1.25 bits per heavy atom.